The van der Waals surface area contributed by atoms with E-state index >= 15 is 0 Å². The van der Waals surface area contributed by atoms with Crippen LogP contribution in [0.25, 0.3) is 0 Å². The van der Waals surface area contributed by atoms with Gasteiger partial charge in [-0.15, -0.1) is 0 Å². The van der Waals surface area contributed by atoms with Crippen molar-refractivity contribution in [2.24, 2.45) is 0 Å². The maximum Gasteiger partial charge on any atom is 0.353 e. The van der Waals surface area contributed by atoms with Crippen molar-refractivity contribution < 1.29 is 4.92 Å². The Morgan fingerprint density at radius 2 is 1.67 bits per heavy atom. The standard InChI is InChI=1S/C21H23N7O2/c1-2-27(17-8-4-3-5-9-17)21-19(28(29)30)20(23-16-24-21)26-14-12-25(13-15-26)18-10-6-7-11-22-18/h3-11,16H,2,12-15H2,1H3. The van der Waals surface area contributed by atoms with Crippen molar-refractivity contribution in [3.05, 3.63) is 71.2 Å². The number of piperazine rings is 1. The van der Waals surface area contributed by atoms with Gasteiger partial charge in [-0.05, 0) is 31.2 Å². The van der Waals surface area contributed by atoms with Crippen LogP contribution in [0, 0.1) is 10.1 Å². The number of benzene rings is 1. The molecule has 0 aliphatic carbocycles. The highest BCUT2D eigenvalue weighted by Crippen LogP contribution is 2.37. The van der Waals surface area contributed by atoms with Crippen molar-refractivity contribution in [2.75, 3.05) is 47.4 Å². The summed E-state index contributed by atoms with van der Waals surface area (Å²) in [5.41, 5.74) is 0.794. The molecule has 0 saturated carbocycles. The maximum absolute atomic E-state index is 12.1. The van der Waals surface area contributed by atoms with Crippen LogP contribution in [0.2, 0.25) is 0 Å². The third-order valence-electron chi connectivity index (χ3n) is 5.16. The van der Waals surface area contributed by atoms with Crippen molar-refractivity contribution in [1.29, 1.82) is 0 Å². The molecule has 0 bridgehead atoms. The molecule has 1 aromatic carbocycles. The number of nitro groups is 1. The molecule has 0 atom stereocenters. The summed E-state index contributed by atoms with van der Waals surface area (Å²) in [5.74, 6) is 1.59. The summed E-state index contributed by atoms with van der Waals surface area (Å²) in [5, 5.41) is 12.1. The Morgan fingerprint density at radius 3 is 2.30 bits per heavy atom. The van der Waals surface area contributed by atoms with Crippen LogP contribution in [0.5, 0.6) is 0 Å². The molecule has 4 rings (SSSR count). The van der Waals surface area contributed by atoms with Gasteiger partial charge in [0, 0.05) is 44.6 Å². The molecule has 30 heavy (non-hydrogen) atoms. The number of aromatic nitrogens is 3. The molecule has 9 heteroatoms. The third kappa shape index (κ3) is 3.86. The second-order valence-electron chi connectivity index (χ2n) is 6.87. The van der Waals surface area contributed by atoms with Gasteiger partial charge in [-0.2, -0.15) is 0 Å². The fourth-order valence-corrected chi connectivity index (χ4v) is 3.70. The van der Waals surface area contributed by atoms with E-state index in [9.17, 15) is 10.1 Å². The van der Waals surface area contributed by atoms with Gasteiger partial charge in [-0.3, -0.25) is 10.1 Å². The molecule has 1 aliphatic rings. The molecule has 2 aromatic heterocycles. The van der Waals surface area contributed by atoms with Crippen LogP contribution in [0.4, 0.5) is 28.8 Å². The highest BCUT2D eigenvalue weighted by atomic mass is 16.6. The SMILES string of the molecule is CCN(c1ccccc1)c1ncnc(N2CCN(c3ccccn3)CC2)c1[N+](=O)[O-]. The van der Waals surface area contributed by atoms with Crippen molar-refractivity contribution in [3.63, 3.8) is 0 Å². The number of hydrogen-bond donors (Lipinski definition) is 0. The molecule has 1 aliphatic heterocycles. The summed E-state index contributed by atoms with van der Waals surface area (Å²) >= 11 is 0. The Kier molecular flexibility index (Phi) is 5.69. The van der Waals surface area contributed by atoms with E-state index < -0.39 is 0 Å². The van der Waals surface area contributed by atoms with Gasteiger partial charge >= 0.3 is 5.69 Å². The third-order valence-corrected chi connectivity index (χ3v) is 5.16. The number of pyridine rings is 1. The average Bonchev–Trinajstić information content (AvgIpc) is 2.81. The van der Waals surface area contributed by atoms with E-state index in [1.807, 2.05) is 65.3 Å². The Morgan fingerprint density at radius 1 is 0.967 bits per heavy atom. The minimum absolute atomic E-state index is 0.0607. The molecular formula is C21H23N7O2. The van der Waals surface area contributed by atoms with E-state index in [-0.39, 0.29) is 10.6 Å². The summed E-state index contributed by atoms with van der Waals surface area (Å²) < 4.78 is 0. The van der Waals surface area contributed by atoms with E-state index in [4.69, 9.17) is 0 Å². The first kappa shape index (κ1) is 19.6. The first-order chi connectivity index (χ1) is 14.7. The molecule has 0 spiro atoms. The largest absolute Gasteiger partial charge is 0.353 e. The zero-order valence-corrected chi connectivity index (χ0v) is 16.8. The van der Waals surface area contributed by atoms with Crippen LogP contribution in [-0.2, 0) is 0 Å². The molecule has 3 aromatic rings. The zero-order valence-electron chi connectivity index (χ0n) is 16.8. The van der Waals surface area contributed by atoms with Crippen molar-refractivity contribution in [1.82, 2.24) is 15.0 Å². The van der Waals surface area contributed by atoms with Crippen molar-refractivity contribution >= 4 is 28.8 Å². The van der Waals surface area contributed by atoms with Gasteiger partial charge in [-0.25, -0.2) is 15.0 Å². The Labute approximate surface area is 174 Å². The lowest BCUT2D eigenvalue weighted by Crippen LogP contribution is -2.47. The van der Waals surface area contributed by atoms with Gasteiger partial charge in [0.2, 0.25) is 11.6 Å². The van der Waals surface area contributed by atoms with Crippen molar-refractivity contribution in [2.45, 2.75) is 6.92 Å². The first-order valence-corrected chi connectivity index (χ1v) is 9.92. The minimum Gasteiger partial charge on any atom is -0.353 e. The van der Waals surface area contributed by atoms with Gasteiger partial charge in [0.1, 0.15) is 12.1 Å². The van der Waals surface area contributed by atoms with Crippen LogP contribution >= 0.6 is 0 Å². The Bertz CT molecular complexity index is 993. The lowest BCUT2D eigenvalue weighted by molar-refractivity contribution is -0.383. The quantitative estimate of drug-likeness (QED) is 0.456. The van der Waals surface area contributed by atoms with E-state index in [0.29, 0.717) is 44.4 Å². The summed E-state index contributed by atoms with van der Waals surface area (Å²) in [7, 11) is 0. The summed E-state index contributed by atoms with van der Waals surface area (Å²) in [6.07, 6.45) is 3.18. The van der Waals surface area contributed by atoms with Crippen LogP contribution in [0.15, 0.2) is 61.1 Å². The normalized spacial score (nSPS) is 13.9. The van der Waals surface area contributed by atoms with Gasteiger partial charge in [-0.1, -0.05) is 24.3 Å². The highest BCUT2D eigenvalue weighted by Gasteiger charge is 2.31. The zero-order chi connectivity index (χ0) is 20.9. The van der Waals surface area contributed by atoms with Crippen LogP contribution in [0.1, 0.15) is 6.92 Å². The van der Waals surface area contributed by atoms with E-state index in [2.05, 4.69) is 19.9 Å². The molecule has 0 N–H and O–H groups in total. The van der Waals surface area contributed by atoms with Gasteiger partial charge in [0.05, 0.1) is 4.92 Å². The second kappa shape index (κ2) is 8.73. The van der Waals surface area contributed by atoms with Gasteiger partial charge in [0.25, 0.3) is 0 Å². The first-order valence-electron chi connectivity index (χ1n) is 9.92. The van der Waals surface area contributed by atoms with Crippen LogP contribution in [0.3, 0.4) is 0 Å². The summed E-state index contributed by atoms with van der Waals surface area (Å²) in [6.45, 7) is 5.16. The van der Waals surface area contributed by atoms with E-state index in [1.165, 1.54) is 6.33 Å². The van der Waals surface area contributed by atoms with E-state index in [1.54, 1.807) is 6.20 Å². The Hall–Kier alpha value is -3.75. The molecule has 154 valence electrons. The molecule has 1 saturated heterocycles. The van der Waals surface area contributed by atoms with E-state index in [0.717, 1.165) is 11.5 Å². The number of rotatable bonds is 6. The molecule has 0 unspecified atom stereocenters. The number of para-hydroxylation sites is 1. The molecule has 1 fully saturated rings. The fourth-order valence-electron chi connectivity index (χ4n) is 3.70. The molecule has 0 amide bonds. The monoisotopic (exact) mass is 405 g/mol. The Balaban J connectivity index is 1.63. The second-order valence-corrected chi connectivity index (χ2v) is 6.87. The average molecular weight is 405 g/mol. The number of hydrogen-bond acceptors (Lipinski definition) is 8. The van der Waals surface area contributed by atoms with Crippen LogP contribution in [-0.4, -0.2) is 52.6 Å². The van der Waals surface area contributed by atoms with Crippen molar-refractivity contribution in [3.8, 4) is 0 Å². The predicted molar refractivity (Wildman–Crippen MR) is 116 cm³/mol. The molecule has 9 nitrogen and oxygen atoms in total. The van der Waals surface area contributed by atoms with Crippen LogP contribution < -0.4 is 14.7 Å². The van der Waals surface area contributed by atoms with Gasteiger partial charge in [0.15, 0.2) is 0 Å². The number of anilines is 4. The molecule has 3 heterocycles. The lowest BCUT2D eigenvalue weighted by Gasteiger charge is -2.36. The van der Waals surface area contributed by atoms with Gasteiger partial charge < -0.3 is 14.7 Å². The minimum atomic E-state index is -0.374. The highest BCUT2D eigenvalue weighted by molar-refractivity contribution is 5.76. The molecular weight excluding hydrogens is 382 g/mol. The lowest BCUT2D eigenvalue weighted by atomic mass is 10.2. The molecule has 0 radical (unpaired) electrons. The summed E-state index contributed by atoms with van der Waals surface area (Å²) in [4.78, 5) is 30.7. The topological polar surface area (TPSA) is 91.5 Å². The smallest absolute Gasteiger partial charge is 0.353 e. The predicted octanol–water partition coefficient (Wildman–Crippen LogP) is 3.26. The maximum atomic E-state index is 12.1. The summed E-state index contributed by atoms with van der Waals surface area (Å²) in [6, 6.07) is 15.4. The fraction of sp³-hybridized carbons (Fsp3) is 0.286. The number of nitrogens with zero attached hydrogens (tertiary/aromatic N) is 7.